The van der Waals surface area contributed by atoms with Gasteiger partial charge in [0.25, 0.3) is 5.92 Å². The van der Waals surface area contributed by atoms with Crippen molar-refractivity contribution >= 4 is 5.91 Å². The fourth-order valence-electron chi connectivity index (χ4n) is 2.83. The Hall–Kier alpha value is -1.53. The maximum atomic E-state index is 13.6. The number of alkyl halides is 2. The first-order valence-electron chi connectivity index (χ1n) is 7.87. The third-order valence-corrected chi connectivity index (χ3v) is 4.58. The summed E-state index contributed by atoms with van der Waals surface area (Å²) < 4.78 is 27.3. The van der Waals surface area contributed by atoms with E-state index in [-0.39, 0.29) is 25.4 Å². The third kappa shape index (κ3) is 4.26. The Kier molecular flexibility index (Phi) is 5.70. The van der Waals surface area contributed by atoms with Crippen LogP contribution in [0.25, 0.3) is 0 Å². The molecule has 128 valence electrons. The second-order valence-electron chi connectivity index (χ2n) is 6.25. The number of likely N-dealkylation sites (N-methyl/N-ethyl adjacent to an activating group) is 1. The molecule has 1 amide bonds. The molecule has 1 heterocycles. The second-order valence-corrected chi connectivity index (χ2v) is 6.25. The Balaban J connectivity index is 1.96. The van der Waals surface area contributed by atoms with Gasteiger partial charge in [0.1, 0.15) is 0 Å². The number of halogens is 2. The van der Waals surface area contributed by atoms with Crippen LogP contribution in [0.3, 0.4) is 0 Å². The Morgan fingerprint density at radius 2 is 2.09 bits per heavy atom. The van der Waals surface area contributed by atoms with Crippen molar-refractivity contribution in [2.24, 2.45) is 5.92 Å². The van der Waals surface area contributed by atoms with Gasteiger partial charge in [-0.1, -0.05) is 30.3 Å². The van der Waals surface area contributed by atoms with Crippen LogP contribution in [-0.4, -0.2) is 59.5 Å². The lowest BCUT2D eigenvalue weighted by Crippen LogP contribution is -2.54. The first kappa shape index (κ1) is 17.8. The zero-order chi connectivity index (χ0) is 17.0. The number of hydrogen-bond donors (Lipinski definition) is 1. The van der Waals surface area contributed by atoms with Gasteiger partial charge in [0.15, 0.2) is 0 Å². The lowest BCUT2D eigenvalue weighted by atomic mass is 9.94. The van der Waals surface area contributed by atoms with Gasteiger partial charge in [0, 0.05) is 26.1 Å². The molecule has 0 saturated carbocycles. The predicted molar refractivity (Wildman–Crippen MR) is 84.1 cm³/mol. The molecule has 1 fully saturated rings. The molecule has 2 atom stereocenters. The van der Waals surface area contributed by atoms with E-state index in [0.29, 0.717) is 6.54 Å². The molecule has 1 aromatic rings. The van der Waals surface area contributed by atoms with E-state index in [1.54, 1.807) is 6.92 Å². The summed E-state index contributed by atoms with van der Waals surface area (Å²) in [6.45, 7) is 1.73. The summed E-state index contributed by atoms with van der Waals surface area (Å²) in [5, 5.41) is 9.14. The molecule has 0 spiro atoms. The number of carbonyl (C=O) groups is 1. The van der Waals surface area contributed by atoms with Crippen molar-refractivity contribution in [2.45, 2.75) is 31.9 Å². The van der Waals surface area contributed by atoms with Crippen molar-refractivity contribution in [1.29, 1.82) is 0 Å². The number of benzene rings is 1. The molecule has 4 nitrogen and oxygen atoms in total. The zero-order valence-corrected chi connectivity index (χ0v) is 13.6. The Bertz CT molecular complexity index is 525. The summed E-state index contributed by atoms with van der Waals surface area (Å²) in [4.78, 5) is 15.9. The molecule has 0 radical (unpaired) electrons. The molecule has 1 aromatic carbocycles. The van der Waals surface area contributed by atoms with Gasteiger partial charge in [-0.15, -0.1) is 0 Å². The van der Waals surface area contributed by atoms with Crippen LogP contribution in [0, 0.1) is 5.92 Å². The van der Waals surface area contributed by atoms with E-state index in [1.165, 1.54) is 4.90 Å². The molecule has 0 aromatic heterocycles. The predicted octanol–water partition coefficient (Wildman–Crippen LogP) is 1.98. The van der Waals surface area contributed by atoms with Crippen LogP contribution in [0.5, 0.6) is 0 Å². The SMILES string of the molecule is C[C@@H](C(=O)N1CCC(F)(F)[C@@H](CO)C1)N(C)Cc1ccccc1. The van der Waals surface area contributed by atoms with Gasteiger partial charge in [-0.25, -0.2) is 8.78 Å². The van der Waals surface area contributed by atoms with Crippen molar-refractivity contribution in [1.82, 2.24) is 9.80 Å². The minimum atomic E-state index is -2.90. The molecule has 23 heavy (non-hydrogen) atoms. The molecule has 0 bridgehead atoms. The highest BCUT2D eigenvalue weighted by molar-refractivity contribution is 5.81. The van der Waals surface area contributed by atoms with E-state index < -0.39 is 24.5 Å². The molecule has 6 heteroatoms. The van der Waals surface area contributed by atoms with Crippen LogP contribution in [0.15, 0.2) is 30.3 Å². The van der Waals surface area contributed by atoms with Gasteiger partial charge in [-0.05, 0) is 19.5 Å². The summed E-state index contributed by atoms with van der Waals surface area (Å²) in [6.07, 6.45) is -0.390. The minimum absolute atomic E-state index is 0.0336. The Morgan fingerprint density at radius 1 is 1.43 bits per heavy atom. The van der Waals surface area contributed by atoms with Gasteiger partial charge in [0.05, 0.1) is 18.6 Å². The number of hydrogen-bond acceptors (Lipinski definition) is 3. The monoisotopic (exact) mass is 326 g/mol. The van der Waals surface area contributed by atoms with E-state index in [2.05, 4.69) is 0 Å². The number of nitrogens with zero attached hydrogens (tertiary/aromatic N) is 2. The van der Waals surface area contributed by atoms with Gasteiger partial charge >= 0.3 is 0 Å². The number of aliphatic hydroxyl groups excluding tert-OH is 1. The van der Waals surface area contributed by atoms with E-state index in [1.807, 2.05) is 42.3 Å². The first-order chi connectivity index (χ1) is 10.8. The molecule has 1 aliphatic heterocycles. The molecule has 1 aliphatic rings. The maximum Gasteiger partial charge on any atom is 0.256 e. The summed E-state index contributed by atoms with van der Waals surface area (Å²) in [5.41, 5.74) is 1.09. The Labute approximate surface area is 135 Å². The highest BCUT2D eigenvalue weighted by Gasteiger charge is 2.45. The van der Waals surface area contributed by atoms with Gasteiger partial charge in [-0.2, -0.15) is 0 Å². The van der Waals surface area contributed by atoms with Crippen LogP contribution >= 0.6 is 0 Å². The number of rotatable bonds is 5. The lowest BCUT2D eigenvalue weighted by molar-refractivity contribution is -0.153. The lowest BCUT2D eigenvalue weighted by Gasteiger charge is -2.39. The van der Waals surface area contributed by atoms with E-state index in [9.17, 15) is 13.6 Å². The first-order valence-corrected chi connectivity index (χ1v) is 7.87. The normalized spacial score (nSPS) is 22.2. The highest BCUT2D eigenvalue weighted by atomic mass is 19.3. The van der Waals surface area contributed by atoms with Crippen molar-refractivity contribution in [3.63, 3.8) is 0 Å². The van der Waals surface area contributed by atoms with Crippen LogP contribution in [-0.2, 0) is 11.3 Å². The summed E-state index contributed by atoms with van der Waals surface area (Å²) >= 11 is 0. The molecule has 0 unspecified atom stereocenters. The number of piperidine rings is 1. The molecule has 1 N–H and O–H groups in total. The minimum Gasteiger partial charge on any atom is -0.396 e. The molecule has 0 aliphatic carbocycles. The van der Waals surface area contributed by atoms with Crippen LogP contribution < -0.4 is 0 Å². The maximum absolute atomic E-state index is 13.6. The fourth-order valence-corrected chi connectivity index (χ4v) is 2.83. The number of amides is 1. The molecular formula is C17H24F2N2O2. The Morgan fingerprint density at radius 3 is 2.70 bits per heavy atom. The second kappa shape index (κ2) is 7.36. The summed E-state index contributed by atoms with van der Waals surface area (Å²) in [6, 6.07) is 9.37. The van der Waals surface area contributed by atoms with E-state index in [0.717, 1.165) is 5.56 Å². The van der Waals surface area contributed by atoms with Crippen molar-refractivity contribution in [3.05, 3.63) is 35.9 Å². The van der Waals surface area contributed by atoms with Gasteiger partial charge in [0.2, 0.25) is 5.91 Å². The van der Waals surface area contributed by atoms with Gasteiger partial charge in [-0.3, -0.25) is 9.69 Å². The fraction of sp³-hybridized carbons (Fsp3) is 0.588. The number of carbonyl (C=O) groups excluding carboxylic acids is 1. The molecule has 1 saturated heterocycles. The topological polar surface area (TPSA) is 43.8 Å². The summed E-state index contributed by atoms with van der Waals surface area (Å²) in [5.74, 6) is -4.24. The average Bonchev–Trinajstić information content (AvgIpc) is 2.54. The standard InChI is InChI=1S/C17H24F2N2O2/c1-13(20(2)10-14-6-4-3-5-7-14)16(23)21-9-8-17(18,19)15(11-21)12-22/h3-7,13,15,22H,8-12H2,1-2H3/t13-,15+/m0/s1. The van der Waals surface area contributed by atoms with Crippen molar-refractivity contribution in [3.8, 4) is 0 Å². The van der Waals surface area contributed by atoms with Crippen LogP contribution in [0.1, 0.15) is 18.9 Å². The van der Waals surface area contributed by atoms with Crippen LogP contribution in [0.4, 0.5) is 8.78 Å². The van der Waals surface area contributed by atoms with E-state index in [4.69, 9.17) is 5.11 Å². The quantitative estimate of drug-likeness (QED) is 0.900. The molecular weight excluding hydrogens is 302 g/mol. The number of aliphatic hydroxyl groups is 1. The largest absolute Gasteiger partial charge is 0.396 e. The van der Waals surface area contributed by atoms with Crippen LogP contribution in [0.2, 0.25) is 0 Å². The van der Waals surface area contributed by atoms with Crippen molar-refractivity contribution in [2.75, 3.05) is 26.7 Å². The summed E-state index contributed by atoms with van der Waals surface area (Å²) in [7, 11) is 1.84. The third-order valence-electron chi connectivity index (χ3n) is 4.58. The smallest absolute Gasteiger partial charge is 0.256 e. The highest BCUT2D eigenvalue weighted by Crippen LogP contribution is 2.33. The average molecular weight is 326 g/mol. The van der Waals surface area contributed by atoms with E-state index >= 15 is 0 Å². The van der Waals surface area contributed by atoms with Gasteiger partial charge < -0.3 is 10.0 Å². The zero-order valence-electron chi connectivity index (χ0n) is 13.6. The van der Waals surface area contributed by atoms with Crippen molar-refractivity contribution < 1.29 is 18.7 Å². The molecule has 2 rings (SSSR count). The number of likely N-dealkylation sites (tertiary alicyclic amines) is 1.